The summed E-state index contributed by atoms with van der Waals surface area (Å²) in [5.41, 5.74) is 3.94. The molecule has 40 heavy (non-hydrogen) atoms. The van der Waals surface area contributed by atoms with E-state index in [0.717, 1.165) is 59.3 Å². The van der Waals surface area contributed by atoms with E-state index in [9.17, 15) is 13.2 Å². The quantitative estimate of drug-likeness (QED) is 0.235. The van der Waals surface area contributed by atoms with Crippen LogP contribution in [0.25, 0.3) is 10.2 Å². The second kappa shape index (κ2) is 11.6. The summed E-state index contributed by atoms with van der Waals surface area (Å²) in [6, 6.07) is 12.0. The first-order valence-electron chi connectivity index (χ1n) is 13.5. The van der Waals surface area contributed by atoms with Crippen molar-refractivity contribution in [2.45, 2.75) is 70.4 Å². The number of nitrogens with zero attached hydrogens (tertiary/aromatic N) is 5. The van der Waals surface area contributed by atoms with Gasteiger partial charge in [-0.05, 0) is 81.6 Å². The zero-order valence-electron chi connectivity index (χ0n) is 23.2. The molecule has 11 heteroatoms. The Kier molecular flexibility index (Phi) is 8.33. The molecule has 1 fully saturated rings. The van der Waals surface area contributed by atoms with Crippen LogP contribution in [0, 0.1) is 20.8 Å². The zero-order chi connectivity index (χ0) is 28.6. The molecule has 2 heterocycles. The van der Waals surface area contributed by atoms with Crippen LogP contribution in [-0.2, 0) is 16.6 Å². The summed E-state index contributed by atoms with van der Waals surface area (Å²) in [5.74, 6) is -0.256. The maximum Gasteiger partial charge on any atom is 0.260 e. The normalized spacial score (nSPS) is 14.8. The highest BCUT2D eigenvalue weighted by molar-refractivity contribution is 7.89. The number of fused-ring (bicyclic) bond motifs is 1. The summed E-state index contributed by atoms with van der Waals surface area (Å²) >= 11 is 7.77. The number of rotatable bonds is 8. The minimum atomic E-state index is -3.65. The maximum absolute atomic E-state index is 13.9. The van der Waals surface area contributed by atoms with Crippen LogP contribution < -0.4 is 4.90 Å². The molecule has 2 aromatic carbocycles. The molecule has 0 aliphatic heterocycles. The fraction of sp³-hybridized carbons (Fsp3) is 0.414. The van der Waals surface area contributed by atoms with E-state index in [0.29, 0.717) is 28.8 Å². The molecule has 0 atom stereocenters. The van der Waals surface area contributed by atoms with E-state index >= 15 is 0 Å². The summed E-state index contributed by atoms with van der Waals surface area (Å²) in [6.07, 6.45) is 5.00. The molecule has 0 N–H and O–H groups in total. The van der Waals surface area contributed by atoms with Crippen LogP contribution in [0.5, 0.6) is 0 Å². The highest BCUT2D eigenvalue weighted by Gasteiger charge is 2.30. The molecule has 2 aromatic heterocycles. The zero-order valence-corrected chi connectivity index (χ0v) is 25.6. The number of aryl methyl sites for hydroxylation is 3. The Morgan fingerprint density at radius 2 is 1.77 bits per heavy atom. The smallest absolute Gasteiger partial charge is 0.260 e. The van der Waals surface area contributed by atoms with Gasteiger partial charge in [-0.3, -0.25) is 14.4 Å². The van der Waals surface area contributed by atoms with E-state index in [1.165, 1.54) is 27.8 Å². The van der Waals surface area contributed by atoms with Gasteiger partial charge < -0.3 is 0 Å². The fourth-order valence-electron chi connectivity index (χ4n) is 5.32. The highest BCUT2D eigenvalue weighted by Crippen LogP contribution is 2.34. The summed E-state index contributed by atoms with van der Waals surface area (Å²) in [6.45, 7) is 6.67. The summed E-state index contributed by atoms with van der Waals surface area (Å²) in [4.78, 5) is 20.5. The average molecular weight is 600 g/mol. The lowest BCUT2D eigenvalue weighted by Gasteiger charge is -2.30. The van der Waals surface area contributed by atoms with Crippen molar-refractivity contribution in [2.24, 2.45) is 0 Å². The van der Waals surface area contributed by atoms with Gasteiger partial charge in [0.1, 0.15) is 0 Å². The van der Waals surface area contributed by atoms with Crippen molar-refractivity contribution in [3.8, 4) is 0 Å². The van der Waals surface area contributed by atoms with Crippen molar-refractivity contribution in [3.05, 3.63) is 70.0 Å². The average Bonchev–Trinajstić information content (AvgIpc) is 3.53. The van der Waals surface area contributed by atoms with Crippen LogP contribution in [0.2, 0.25) is 5.02 Å². The maximum atomic E-state index is 13.9. The van der Waals surface area contributed by atoms with Gasteiger partial charge in [0.2, 0.25) is 10.0 Å². The van der Waals surface area contributed by atoms with Crippen LogP contribution in [0.4, 0.5) is 5.13 Å². The first kappa shape index (κ1) is 28.7. The lowest BCUT2D eigenvalue weighted by molar-refractivity contribution is 0.0985. The Hall–Kier alpha value is -2.79. The monoisotopic (exact) mass is 599 g/mol. The summed E-state index contributed by atoms with van der Waals surface area (Å²) in [5, 5.41) is 5.72. The molecule has 4 aromatic rings. The fourth-order valence-corrected chi connectivity index (χ4v) is 7.93. The molecule has 1 saturated carbocycles. The molecule has 1 amide bonds. The summed E-state index contributed by atoms with van der Waals surface area (Å²) in [7, 11) is -2.00. The number of hydrogen-bond acceptors (Lipinski definition) is 6. The molecule has 212 valence electrons. The molecular formula is C29H34ClN5O3S2. The number of carbonyl (C=O) groups excluding carboxylic acids is 1. The Labute approximate surface area is 244 Å². The molecule has 0 saturated heterocycles. The SMILES string of the molecule is Cc1cc(C)n(CCN(C(=O)c2ccc(S(=O)(=O)N(C)C3CCCCC3)cc2)c2nc3c(C)c(Cl)ccc3s2)n1. The Bertz CT molecular complexity index is 1640. The number of benzene rings is 2. The molecule has 8 nitrogen and oxygen atoms in total. The van der Waals surface area contributed by atoms with Gasteiger partial charge in [0.05, 0.1) is 27.4 Å². The van der Waals surface area contributed by atoms with E-state index < -0.39 is 10.0 Å². The van der Waals surface area contributed by atoms with Crippen LogP contribution >= 0.6 is 22.9 Å². The van der Waals surface area contributed by atoms with Gasteiger partial charge in [-0.1, -0.05) is 42.2 Å². The number of thiazole rings is 1. The van der Waals surface area contributed by atoms with Crippen molar-refractivity contribution in [3.63, 3.8) is 0 Å². The predicted octanol–water partition coefficient (Wildman–Crippen LogP) is 6.37. The van der Waals surface area contributed by atoms with Crippen LogP contribution in [0.15, 0.2) is 47.4 Å². The molecule has 5 rings (SSSR count). The number of amides is 1. The van der Waals surface area contributed by atoms with E-state index in [4.69, 9.17) is 16.6 Å². The van der Waals surface area contributed by atoms with E-state index in [1.807, 2.05) is 43.7 Å². The Morgan fingerprint density at radius 1 is 1.07 bits per heavy atom. The van der Waals surface area contributed by atoms with Gasteiger partial charge in [0.25, 0.3) is 5.91 Å². The molecule has 0 spiro atoms. The van der Waals surface area contributed by atoms with Gasteiger partial charge in [-0.15, -0.1) is 0 Å². The largest absolute Gasteiger partial charge is 0.282 e. The number of sulfonamides is 1. The number of anilines is 1. The third kappa shape index (κ3) is 5.68. The number of aromatic nitrogens is 3. The highest BCUT2D eigenvalue weighted by atomic mass is 35.5. The third-order valence-corrected chi connectivity index (χ3v) is 11.1. The van der Waals surface area contributed by atoms with E-state index in [-0.39, 0.29) is 16.8 Å². The van der Waals surface area contributed by atoms with Crippen molar-refractivity contribution < 1.29 is 13.2 Å². The first-order valence-corrected chi connectivity index (χ1v) is 16.2. The van der Waals surface area contributed by atoms with Gasteiger partial charge in [0.15, 0.2) is 5.13 Å². The number of carbonyl (C=O) groups is 1. The molecule has 1 aliphatic carbocycles. The number of hydrogen-bond donors (Lipinski definition) is 0. The topological polar surface area (TPSA) is 88.4 Å². The minimum Gasteiger partial charge on any atom is -0.282 e. The lowest BCUT2D eigenvalue weighted by atomic mass is 9.96. The molecule has 0 radical (unpaired) electrons. The van der Waals surface area contributed by atoms with Gasteiger partial charge in [-0.2, -0.15) is 9.40 Å². The third-order valence-electron chi connectivity index (χ3n) is 7.72. The predicted molar refractivity (Wildman–Crippen MR) is 161 cm³/mol. The van der Waals surface area contributed by atoms with Crippen LogP contribution in [0.3, 0.4) is 0 Å². The Morgan fingerprint density at radius 3 is 2.42 bits per heavy atom. The van der Waals surface area contributed by atoms with Crippen molar-refractivity contribution in [2.75, 3.05) is 18.5 Å². The van der Waals surface area contributed by atoms with Gasteiger partial charge >= 0.3 is 0 Å². The van der Waals surface area contributed by atoms with E-state index in [2.05, 4.69) is 5.10 Å². The van der Waals surface area contributed by atoms with Crippen molar-refractivity contribution in [1.82, 2.24) is 19.1 Å². The second-order valence-electron chi connectivity index (χ2n) is 10.5. The van der Waals surface area contributed by atoms with Crippen molar-refractivity contribution >= 4 is 54.2 Å². The first-order chi connectivity index (χ1) is 19.1. The molecular weight excluding hydrogens is 566 g/mol. The van der Waals surface area contributed by atoms with Gasteiger partial charge in [-0.25, -0.2) is 13.4 Å². The van der Waals surface area contributed by atoms with E-state index in [1.54, 1.807) is 24.1 Å². The van der Waals surface area contributed by atoms with Gasteiger partial charge in [0, 0.05) is 35.9 Å². The number of halogens is 1. The molecule has 0 bridgehead atoms. The standard InChI is InChI=1S/C29H34ClN5O3S2/c1-19-18-20(2)35(32-19)17-16-34(29-31-27-21(3)25(30)14-15-26(27)39-29)28(36)22-10-12-24(13-11-22)40(37,38)33(4)23-8-6-5-7-9-23/h10-15,18,23H,5-9,16-17H2,1-4H3. The Balaban J connectivity index is 1.44. The van der Waals surface area contributed by atoms with Crippen LogP contribution in [-0.4, -0.2) is 53.0 Å². The molecule has 0 unspecified atom stereocenters. The summed E-state index contributed by atoms with van der Waals surface area (Å²) < 4.78 is 31.0. The van der Waals surface area contributed by atoms with Crippen molar-refractivity contribution in [1.29, 1.82) is 0 Å². The van der Waals surface area contributed by atoms with Crippen LogP contribution in [0.1, 0.15) is 59.4 Å². The molecule has 1 aliphatic rings. The minimum absolute atomic E-state index is 0.0148. The lowest BCUT2D eigenvalue weighted by Crippen LogP contribution is -2.38. The second-order valence-corrected chi connectivity index (χ2v) is 13.9.